The van der Waals surface area contributed by atoms with E-state index >= 15 is 0 Å². The van der Waals surface area contributed by atoms with Crippen molar-refractivity contribution in [3.05, 3.63) is 35.4 Å². The van der Waals surface area contributed by atoms with Crippen LogP contribution in [0.2, 0.25) is 0 Å². The summed E-state index contributed by atoms with van der Waals surface area (Å²) in [5.41, 5.74) is -0.246. The summed E-state index contributed by atoms with van der Waals surface area (Å²) in [6.45, 7) is 1.61. The summed E-state index contributed by atoms with van der Waals surface area (Å²) < 4.78 is 26.3. The molecule has 0 aliphatic carbocycles. The van der Waals surface area contributed by atoms with E-state index in [0.717, 1.165) is 12.1 Å². The molecule has 0 aromatic heterocycles. The van der Waals surface area contributed by atoms with Crippen molar-refractivity contribution < 1.29 is 13.6 Å². The standard InChI is InChI=1S/C12H11F2NO/c1-3-8(2)15-12(16)7-9-10(13)5-4-6-11(9)14/h1,4-6,8H,7H2,2H3,(H,15,16). The van der Waals surface area contributed by atoms with Gasteiger partial charge in [-0.2, -0.15) is 0 Å². The SMILES string of the molecule is C#CC(C)NC(=O)Cc1c(F)cccc1F. The molecular formula is C12H11F2NO. The maximum absolute atomic E-state index is 13.2. The topological polar surface area (TPSA) is 29.1 Å². The average molecular weight is 223 g/mol. The number of carbonyl (C=O) groups is 1. The molecule has 1 amide bonds. The largest absolute Gasteiger partial charge is 0.342 e. The van der Waals surface area contributed by atoms with Gasteiger partial charge in [0.25, 0.3) is 0 Å². The minimum Gasteiger partial charge on any atom is -0.342 e. The van der Waals surface area contributed by atoms with Gasteiger partial charge in [0, 0.05) is 5.56 Å². The fraction of sp³-hybridized carbons (Fsp3) is 0.250. The fourth-order valence-corrected chi connectivity index (χ4v) is 1.20. The maximum atomic E-state index is 13.2. The second-order valence-electron chi connectivity index (χ2n) is 3.33. The zero-order chi connectivity index (χ0) is 12.1. The number of carbonyl (C=O) groups excluding carboxylic acids is 1. The molecule has 0 spiro atoms. The number of hydrogen-bond acceptors (Lipinski definition) is 1. The molecule has 2 nitrogen and oxygen atoms in total. The van der Waals surface area contributed by atoms with E-state index in [1.54, 1.807) is 6.92 Å². The molecule has 0 bridgehead atoms. The molecule has 0 aliphatic rings. The molecule has 1 unspecified atom stereocenters. The van der Waals surface area contributed by atoms with Gasteiger partial charge in [-0.1, -0.05) is 12.0 Å². The normalized spacial score (nSPS) is 11.6. The van der Waals surface area contributed by atoms with Crippen LogP contribution in [0.4, 0.5) is 8.78 Å². The van der Waals surface area contributed by atoms with Crippen LogP contribution >= 0.6 is 0 Å². The van der Waals surface area contributed by atoms with Crippen molar-refractivity contribution in [3.8, 4) is 12.3 Å². The summed E-state index contributed by atoms with van der Waals surface area (Å²) in [5, 5.41) is 2.42. The molecule has 0 heterocycles. The van der Waals surface area contributed by atoms with E-state index in [1.165, 1.54) is 6.07 Å². The second kappa shape index (κ2) is 5.26. The van der Waals surface area contributed by atoms with Gasteiger partial charge < -0.3 is 5.32 Å². The van der Waals surface area contributed by atoms with E-state index < -0.39 is 23.6 Å². The van der Waals surface area contributed by atoms with Gasteiger partial charge in [-0.25, -0.2) is 8.78 Å². The lowest BCUT2D eigenvalue weighted by Crippen LogP contribution is -2.32. The molecule has 0 aliphatic heterocycles. The van der Waals surface area contributed by atoms with Crippen molar-refractivity contribution in [2.75, 3.05) is 0 Å². The Kier molecular flexibility index (Phi) is 4.01. The Bertz CT molecular complexity index is 417. The monoisotopic (exact) mass is 223 g/mol. The zero-order valence-electron chi connectivity index (χ0n) is 8.76. The van der Waals surface area contributed by atoms with Crippen LogP contribution < -0.4 is 5.32 Å². The maximum Gasteiger partial charge on any atom is 0.225 e. The summed E-state index contributed by atoms with van der Waals surface area (Å²) in [5.74, 6) is 0.321. The Hall–Kier alpha value is -1.89. The summed E-state index contributed by atoms with van der Waals surface area (Å²) in [6.07, 6.45) is 4.70. The molecule has 1 aromatic rings. The zero-order valence-corrected chi connectivity index (χ0v) is 8.76. The van der Waals surface area contributed by atoms with E-state index in [-0.39, 0.29) is 12.0 Å². The lowest BCUT2D eigenvalue weighted by molar-refractivity contribution is -0.120. The van der Waals surface area contributed by atoms with Crippen LogP contribution in [-0.2, 0) is 11.2 Å². The predicted molar refractivity (Wildman–Crippen MR) is 56.5 cm³/mol. The highest BCUT2D eigenvalue weighted by atomic mass is 19.1. The average Bonchev–Trinajstić information content (AvgIpc) is 2.23. The smallest absolute Gasteiger partial charge is 0.225 e. The molecule has 1 rings (SSSR count). The molecule has 84 valence electrons. The first kappa shape index (κ1) is 12.2. The van der Waals surface area contributed by atoms with Crippen LogP contribution in [0.25, 0.3) is 0 Å². The number of rotatable bonds is 3. The van der Waals surface area contributed by atoms with Crippen molar-refractivity contribution in [3.63, 3.8) is 0 Å². The molecule has 1 aromatic carbocycles. The Morgan fingerprint density at radius 3 is 2.56 bits per heavy atom. The third-order valence-corrected chi connectivity index (χ3v) is 2.03. The summed E-state index contributed by atoms with van der Waals surface area (Å²) in [7, 11) is 0. The second-order valence-corrected chi connectivity index (χ2v) is 3.33. The molecular weight excluding hydrogens is 212 g/mol. The summed E-state index contributed by atoms with van der Waals surface area (Å²) in [4.78, 5) is 11.3. The van der Waals surface area contributed by atoms with E-state index in [0.29, 0.717) is 0 Å². The van der Waals surface area contributed by atoms with E-state index in [1.807, 2.05) is 0 Å². The van der Waals surface area contributed by atoms with Gasteiger partial charge in [0.2, 0.25) is 5.91 Å². The van der Waals surface area contributed by atoms with E-state index in [2.05, 4.69) is 11.2 Å². The highest BCUT2D eigenvalue weighted by Gasteiger charge is 2.13. The molecule has 0 radical (unpaired) electrons. The third kappa shape index (κ3) is 3.06. The Morgan fingerprint density at radius 2 is 2.06 bits per heavy atom. The highest BCUT2D eigenvalue weighted by molar-refractivity contribution is 5.79. The highest BCUT2D eigenvalue weighted by Crippen LogP contribution is 2.12. The Morgan fingerprint density at radius 1 is 1.50 bits per heavy atom. The van der Waals surface area contributed by atoms with Crippen molar-refractivity contribution in [2.24, 2.45) is 0 Å². The molecule has 0 fully saturated rings. The number of halogens is 2. The van der Waals surface area contributed by atoms with E-state index in [9.17, 15) is 13.6 Å². The predicted octanol–water partition coefficient (Wildman–Crippen LogP) is 1.65. The molecule has 1 atom stereocenters. The Balaban J connectivity index is 2.74. The van der Waals surface area contributed by atoms with Gasteiger partial charge in [0.1, 0.15) is 11.6 Å². The van der Waals surface area contributed by atoms with Gasteiger partial charge in [0.15, 0.2) is 0 Å². The minimum absolute atomic E-state index is 0.246. The quantitative estimate of drug-likeness (QED) is 0.775. The molecule has 0 saturated heterocycles. The van der Waals surface area contributed by atoms with Crippen molar-refractivity contribution in [2.45, 2.75) is 19.4 Å². The van der Waals surface area contributed by atoms with Crippen molar-refractivity contribution >= 4 is 5.91 Å². The van der Waals surface area contributed by atoms with E-state index in [4.69, 9.17) is 6.42 Å². The number of nitrogens with one attached hydrogen (secondary N) is 1. The van der Waals surface area contributed by atoms with Crippen LogP contribution in [0, 0.1) is 24.0 Å². The first-order valence-electron chi connectivity index (χ1n) is 4.73. The van der Waals surface area contributed by atoms with Crippen LogP contribution in [0.5, 0.6) is 0 Å². The minimum atomic E-state index is -0.733. The molecule has 4 heteroatoms. The molecule has 0 saturated carbocycles. The van der Waals surface area contributed by atoms with Crippen LogP contribution in [0.15, 0.2) is 18.2 Å². The van der Waals surface area contributed by atoms with Gasteiger partial charge in [-0.15, -0.1) is 6.42 Å². The lowest BCUT2D eigenvalue weighted by Gasteiger charge is -2.08. The first-order chi connectivity index (χ1) is 7.54. The van der Waals surface area contributed by atoms with Gasteiger partial charge in [-0.3, -0.25) is 4.79 Å². The van der Waals surface area contributed by atoms with Crippen LogP contribution in [0.1, 0.15) is 12.5 Å². The molecule has 1 N–H and O–H groups in total. The lowest BCUT2D eigenvalue weighted by atomic mass is 10.1. The fourth-order valence-electron chi connectivity index (χ4n) is 1.20. The third-order valence-electron chi connectivity index (χ3n) is 2.03. The number of benzene rings is 1. The molecule has 16 heavy (non-hydrogen) atoms. The number of terminal acetylenes is 1. The van der Waals surface area contributed by atoms with Gasteiger partial charge in [-0.05, 0) is 19.1 Å². The van der Waals surface area contributed by atoms with Crippen molar-refractivity contribution in [1.82, 2.24) is 5.32 Å². The van der Waals surface area contributed by atoms with Crippen LogP contribution in [0.3, 0.4) is 0 Å². The summed E-state index contributed by atoms with van der Waals surface area (Å²) in [6, 6.07) is 3.00. The van der Waals surface area contributed by atoms with Gasteiger partial charge in [0.05, 0.1) is 12.5 Å². The number of amides is 1. The first-order valence-corrected chi connectivity index (χ1v) is 4.73. The number of hydrogen-bond donors (Lipinski definition) is 1. The van der Waals surface area contributed by atoms with Gasteiger partial charge >= 0.3 is 0 Å². The van der Waals surface area contributed by atoms with Crippen molar-refractivity contribution in [1.29, 1.82) is 0 Å². The Labute approximate surface area is 92.7 Å². The summed E-state index contributed by atoms with van der Waals surface area (Å²) >= 11 is 0. The van der Waals surface area contributed by atoms with Crippen LogP contribution in [-0.4, -0.2) is 11.9 Å².